The number of nitrogens with two attached hydrogens (primary N) is 1. The summed E-state index contributed by atoms with van der Waals surface area (Å²) in [4.78, 5) is 4.68. The van der Waals surface area contributed by atoms with Crippen molar-refractivity contribution >= 4 is 28.3 Å². The Balaban J connectivity index is 2.37. The summed E-state index contributed by atoms with van der Waals surface area (Å²) in [5.41, 5.74) is 10.7. The van der Waals surface area contributed by atoms with Crippen molar-refractivity contribution in [3.8, 4) is 5.69 Å². The van der Waals surface area contributed by atoms with Crippen LogP contribution in [0.3, 0.4) is 0 Å². The summed E-state index contributed by atoms with van der Waals surface area (Å²) in [5, 5.41) is 0.766. The van der Waals surface area contributed by atoms with Gasteiger partial charge in [-0.3, -0.25) is 4.57 Å². The van der Waals surface area contributed by atoms with Crippen LogP contribution in [0.2, 0.25) is 5.02 Å². The van der Waals surface area contributed by atoms with Crippen molar-refractivity contribution in [1.82, 2.24) is 9.55 Å². The molecule has 0 spiro atoms. The van der Waals surface area contributed by atoms with Gasteiger partial charge in [0.15, 0.2) is 0 Å². The minimum absolute atomic E-state index is 0.729. The number of aromatic nitrogens is 2. The average Bonchev–Trinajstić information content (AvgIpc) is 2.79. The lowest BCUT2D eigenvalue weighted by molar-refractivity contribution is 0.903. The first kappa shape index (κ1) is 13.0. The molecule has 20 heavy (non-hydrogen) atoms. The topological polar surface area (TPSA) is 43.8 Å². The number of imidazole rings is 1. The third-order valence-electron chi connectivity index (χ3n) is 3.54. The number of nitrogens with zero attached hydrogens (tertiary/aromatic N) is 2. The Kier molecular flexibility index (Phi) is 3.14. The molecule has 0 aliphatic carbocycles. The van der Waals surface area contributed by atoms with Crippen molar-refractivity contribution in [3.05, 3.63) is 52.8 Å². The molecule has 0 atom stereocenters. The zero-order chi connectivity index (χ0) is 14.3. The Bertz CT molecular complexity index is 790. The molecule has 3 nitrogen and oxygen atoms in total. The normalized spacial score (nSPS) is 11.2. The van der Waals surface area contributed by atoms with E-state index in [1.54, 1.807) is 0 Å². The molecular weight excluding hydrogens is 270 g/mol. The molecule has 0 bridgehead atoms. The van der Waals surface area contributed by atoms with Gasteiger partial charge < -0.3 is 5.73 Å². The van der Waals surface area contributed by atoms with E-state index in [0.717, 1.165) is 45.2 Å². The largest absolute Gasteiger partial charge is 0.399 e. The molecule has 102 valence electrons. The summed E-state index contributed by atoms with van der Waals surface area (Å²) in [6.45, 7) is 4.13. The van der Waals surface area contributed by atoms with Gasteiger partial charge in [-0.15, -0.1) is 0 Å². The highest BCUT2D eigenvalue weighted by Crippen LogP contribution is 2.28. The Morgan fingerprint density at radius 1 is 1.25 bits per heavy atom. The van der Waals surface area contributed by atoms with Crippen LogP contribution in [0.5, 0.6) is 0 Å². The number of anilines is 1. The Morgan fingerprint density at radius 3 is 2.80 bits per heavy atom. The van der Waals surface area contributed by atoms with Gasteiger partial charge in [0.05, 0.1) is 16.7 Å². The summed E-state index contributed by atoms with van der Waals surface area (Å²) in [6, 6.07) is 11.8. The molecule has 0 radical (unpaired) electrons. The van der Waals surface area contributed by atoms with Crippen molar-refractivity contribution in [1.29, 1.82) is 0 Å². The number of fused-ring (bicyclic) bond motifs is 1. The van der Waals surface area contributed by atoms with Gasteiger partial charge in [-0.1, -0.05) is 24.6 Å². The minimum Gasteiger partial charge on any atom is -0.399 e. The van der Waals surface area contributed by atoms with Crippen LogP contribution in [0.25, 0.3) is 16.7 Å². The first-order valence-electron chi connectivity index (χ1n) is 6.64. The van der Waals surface area contributed by atoms with Gasteiger partial charge in [-0.05, 0) is 42.8 Å². The molecule has 3 aromatic rings. The van der Waals surface area contributed by atoms with Crippen LogP contribution in [0.15, 0.2) is 36.4 Å². The lowest BCUT2D eigenvalue weighted by Gasteiger charge is -2.12. The molecule has 1 aromatic heterocycles. The molecule has 2 N–H and O–H groups in total. The second-order valence-corrected chi connectivity index (χ2v) is 5.26. The van der Waals surface area contributed by atoms with Gasteiger partial charge in [-0.2, -0.15) is 0 Å². The zero-order valence-corrected chi connectivity index (χ0v) is 12.3. The van der Waals surface area contributed by atoms with E-state index in [2.05, 4.69) is 22.5 Å². The number of benzene rings is 2. The van der Waals surface area contributed by atoms with Gasteiger partial charge >= 0.3 is 0 Å². The van der Waals surface area contributed by atoms with E-state index in [0.29, 0.717) is 0 Å². The molecule has 0 fully saturated rings. The SMILES string of the molecule is CCc1nc2cc(N)ccc2n1-c1cccc(Cl)c1C. The monoisotopic (exact) mass is 285 g/mol. The molecule has 0 unspecified atom stereocenters. The summed E-state index contributed by atoms with van der Waals surface area (Å²) in [5.74, 6) is 1.01. The predicted molar refractivity (Wildman–Crippen MR) is 84.6 cm³/mol. The lowest BCUT2D eigenvalue weighted by Crippen LogP contribution is -2.02. The van der Waals surface area contributed by atoms with E-state index in [-0.39, 0.29) is 0 Å². The van der Waals surface area contributed by atoms with E-state index in [1.165, 1.54) is 0 Å². The molecule has 0 saturated carbocycles. The van der Waals surface area contributed by atoms with Gasteiger partial charge in [0.2, 0.25) is 0 Å². The maximum Gasteiger partial charge on any atom is 0.114 e. The molecule has 1 heterocycles. The summed E-state index contributed by atoms with van der Waals surface area (Å²) < 4.78 is 2.16. The molecule has 4 heteroatoms. The second-order valence-electron chi connectivity index (χ2n) is 4.85. The standard InChI is InChI=1S/C16H16ClN3/c1-3-16-19-13-9-11(18)7-8-15(13)20(16)14-6-4-5-12(17)10(14)2/h4-9H,3,18H2,1-2H3. The van der Waals surface area contributed by atoms with Crippen LogP contribution in [0.4, 0.5) is 5.69 Å². The first-order valence-corrected chi connectivity index (χ1v) is 7.02. The van der Waals surface area contributed by atoms with E-state index in [9.17, 15) is 0 Å². The van der Waals surface area contributed by atoms with Crippen molar-refractivity contribution < 1.29 is 0 Å². The van der Waals surface area contributed by atoms with E-state index >= 15 is 0 Å². The highest BCUT2D eigenvalue weighted by atomic mass is 35.5. The molecule has 0 aliphatic heterocycles. The van der Waals surface area contributed by atoms with E-state index in [4.69, 9.17) is 17.3 Å². The van der Waals surface area contributed by atoms with Crippen LogP contribution < -0.4 is 5.73 Å². The maximum atomic E-state index is 6.25. The van der Waals surface area contributed by atoms with E-state index < -0.39 is 0 Å². The Labute approximate surface area is 123 Å². The fourth-order valence-electron chi connectivity index (χ4n) is 2.49. The fourth-order valence-corrected chi connectivity index (χ4v) is 2.66. The van der Waals surface area contributed by atoms with Crippen LogP contribution in [0.1, 0.15) is 18.3 Å². The highest BCUT2D eigenvalue weighted by Gasteiger charge is 2.13. The third kappa shape index (κ3) is 1.95. The van der Waals surface area contributed by atoms with E-state index in [1.807, 2.05) is 37.3 Å². The predicted octanol–water partition coefficient (Wildman–Crippen LogP) is 4.13. The van der Waals surface area contributed by atoms with Crippen LogP contribution >= 0.6 is 11.6 Å². The number of nitrogen functional groups attached to an aromatic ring is 1. The van der Waals surface area contributed by atoms with Crippen LogP contribution in [0, 0.1) is 6.92 Å². The quantitative estimate of drug-likeness (QED) is 0.720. The Hall–Kier alpha value is -2.00. The summed E-state index contributed by atoms with van der Waals surface area (Å²) in [6.07, 6.45) is 0.848. The molecule has 0 aliphatic rings. The number of halogens is 1. The van der Waals surface area contributed by atoms with Gasteiger partial charge in [0, 0.05) is 17.1 Å². The van der Waals surface area contributed by atoms with Gasteiger partial charge in [0.1, 0.15) is 5.82 Å². The van der Waals surface area contributed by atoms with Crippen molar-refractivity contribution in [3.63, 3.8) is 0 Å². The first-order chi connectivity index (χ1) is 9.61. The van der Waals surface area contributed by atoms with Gasteiger partial charge in [-0.25, -0.2) is 4.98 Å². The van der Waals surface area contributed by atoms with Crippen LogP contribution in [-0.4, -0.2) is 9.55 Å². The molecule has 3 rings (SSSR count). The molecule has 0 amide bonds. The van der Waals surface area contributed by atoms with Gasteiger partial charge in [0.25, 0.3) is 0 Å². The third-order valence-corrected chi connectivity index (χ3v) is 3.95. The minimum atomic E-state index is 0.729. The van der Waals surface area contributed by atoms with Crippen molar-refractivity contribution in [2.24, 2.45) is 0 Å². The summed E-state index contributed by atoms with van der Waals surface area (Å²) in [7, 11) is 0. The molecular formula is C16H16ClN3. The average molecular weight is 286 g/mol. The number of hydrogen-bond acceptors (Lipinski definition) is 2. The Morgan fingerprint density at radius 2 is 2.05 bits per heavy atom. The second kappa shape index (κ2) is 4.84. The highest BCUT2D eigenvalue weighted by molar-refractivity contribution is 6.31. The fraction of sp³-hybridized carbons (Fsp3) is 0.188. The number of aryl methyl sites for hydroxylation is 1. The zero-order valence-electron chi connectivity index (χ0n) is 11.5. The lowest BCUT2D eigenvalue weighted by atomic mass is 10.2. The summed E-state index contributed by atoms with van der Waals surface area (Å²) >= 11 is 6.25. The van der Waals surface area contributed by atoms with Crippen molar-refractivity contribution in [2.45, 2.75) is 20.3 Å². The maximum absolute atomic E-state index is 6.25. The molecule has 2 aromatic carbocycles. The van der Waals surface area contributed by atoms with Crippen molar-refractivity contribution in [2.75, 3.05) is 5.73 Å². The van der Waals surface area contributed by atoms with Crippen LogP contribution in [-0.2, 0) is 6.42 Å². The number of hydrogen-bond donors (Lipinski definition) is 1. The smallest absolute Gasteiger partial charge is 0.114 e. The number of rotatable bonds is 2. The molecule has 0 saturated heterocycles.